The molecule has 2 fully saturated rings. The molecule has 0 aromatic heterocycles. The number of benzene rings is 1. The van der Waals surface area contributed by atoms with Crippen LogP contribution in [0.2, 0.25) is 0 Å². The number of nitrogens with one attached hydrogen (secondary N) is 1. The van der Waals surface area contributed by atoms with Gasteiger partial charge < -0.3 is 5.32 Å². The summed E-state index contributed by atoms with van der Waals surface area (Å²) in [7, 11) is 0. The molecule has 0 aliphatic carbocycles. The number of piperidine rings is 1. The first-order valence-corrected chi connectivity index (χ1v) is 5.54. The Balaban J connectivity index is 1.65. The maximum Gasteiger partial charge on any atom is 0.229 e. The Kier molecular flexibility index (Phi) is 2.17. The van der Waals surface area contributed by atoms with Crippen molar-refractivity contribution in [1.29, 1.82) is 0 Å². The number of carbonyl (C=O) groups excluding carboxylic acids is 1. The molecule has 1 N–H and O–H groups in total. The molecular weight excluding hydrogens is 207 g/mol. The molecule has 1 aromatic rings. The molecule has 3 rings (SSSR count). The Morgan fingerprint density at radius 1 is 1.38 bits per heavy atom. The van der Waals surface area contributed by atoms with Crippen molar-refractivity contribution in [1.82, 2.24) is 4.90 Å². The smallest absolute Gasteiger partial charge is 0.229 e. The molecule has 0 radical (unpaired) electrons. The highest BCUT2D eigenvalue weighted by atomic mass is 19.1. The lowest BCUT2D eigenvalue weighted by atomic mass is 10.0. The number of fused-ring (bicyclic) bond motifs is 1. The number of nitrogens with zero attached hydrogens (tertiary/aromatic N) is 1. The van der Waals surface area contributed by atoms with Crippen LogP contribution < -0.4 is 5.32 Å². The van der Waals surface area contributed by atoms with Gasteiger partial charge in [-0.3, -0.25) is 9.69 Å². The fourth-order valence-corrected chi connectivity index (χ4v) is 2.40. The van der Waals surface area contributed by atoms with Crippen molar-refractivity contribution in [2.45, 2.75) is 12.5 Å². The molecule has 3 unspecified atom stereocenters. The Morgan fingerprint density at radius 2 is 2.12 bits per heavy atom. The van der Waals surface area contributed by atoms with Crippen LogP contribution in [-0.2, 0) is 4.79 Å². The summed E-state index contributed by atoms with van der Waals surface area (Å²) in [6.07, 6.45) is 0.942. The van der Waals surface area contributed by atoms with Gasteiger partial charge in [-0.05, 0) is 37.2 Å². The van der Waals surface area contributed by atoms with Gasteiger partial charge in [-0.15, -0.1) is 0 Å². The normalized spacial score (nSPS) is 30.9. The molecule has 16 heavy (non-hydrogen) atoms. The van der Waals surface area contributed by atoms with Crippen LogP contribution in [0.1, 0.15) is 6.42 Å². The third kappa shape index (κ3) is 1.69. The summed E-state index contributed by atoms with van der Waals surface area (Å²) in [5, 5.41) is 2.84. The van der Waals surface area contributed by atoms with Crippen LogP contribution in [0.25, 0.3) is 0 Å². The van der Waals surface area contributed by atoms with Crippen LogP contribution >= 0.6 is 0 Å². The van der Waals surface area contributed by atoms with Gasteiger partial charge in [-0.2, -0.15) is 0 Å². The molecule has 2 saturated heterocycles. The summed E-state index contributed by atoms with van der Waals surface area (Å²) in [6, 6.07) is 6.35. The molecule has 1 aromatic carbocycles. The molecular formula is C12H13FN2O. The van der Waals surface area contributed by atoms with E-state index < -0.39 is 0 Å². The SMILES string of the molecule is O=C(Nc1ccc(F)cc1)C1CCN2CC12. The van der Waals surface area contributed by atoms with Gasteiger partial charge in [0.2, 0.25) is 5.91 Å². The highest BCUT2D eigenvalue weighted by Gasteiger charge is 2.48. The standard InChI is InChI=1S/C12H13FN2O/c13-8-1-3-9(4-2-8)14-12(16)10-5-6-15-7-11(10)15/h1-4,10-11H,5-7H2,(H,14,16). The molecule has 3 atom stereocenters. The molecule has 3 nitrogen and oxygen atoms in total. The number of anilines is 1. The third-order valence-electron chi connectivity index (χ3n) is 3.40. The minimum atomic E-state index is -0.285. The van der Waals surface area contributed by atoms with Gasteiger partial charge in [-0.25, -0.2) is 4.39 Å². The maximum atomic E-state index is 12.7. The van der Waals surface area contributed by atoms with E-state index in [2.05, 4.69) is 10.2 Å². The Morgan fingerprint density at radius 3 is 2.69 bits per heavy atom. The lowest BCUT2D eigenvalue weighted by molar-refractivity contribution is -0.119. The summed E-state index contributed by atoms with van der Waals surface area (Å²) in [5.41, 5.74) is 0.672. The molecule has 4 heteroatoms. The largest absolute Gasteiger partial charge is 0.326 e. The van der Waals surface area contributed by atoms with E-state index in [4.69, 9.17) is 0 Å². The van der Waals surface area contributed by atoms with Crippen molar-refractivity contribution in [3.05, 3.63) is 30.1 Å². The monoisotopic (exact) mass is 220 g/mol. The zero-order chi connectivity index (χ0) is 11.1. The molecule has 2 aliphatic rings. The van der Waals surface area contributed by atoms with Crippen molar-refractivity contribution in [3.8, 4) is 0 Å². The summed E-state index contributed by atoms with van der Waals surface area (Å²) >= 11 is 0. The fraction of sp³-hybridized carbons (Fsp3) is 0.417. The first-order valence-electron chi connectivity index (χ1n) is 5.54. The number of rotatable bonds is 2. The van der Waals surface area contributed by atoms with Crippen molar-refractivity contribution in [2.75, 3.05) is 18.4 Å². The Hall–Kier alpha value is -1.42. The third-order valence-corrected chi connectivity index (χ3v) is 3.40. The summed E-state index contributed by atoms with van der Waals surface area (Å²) in [4.78, 5) is 14.2. The van der Waals surface area contributed by atoms with Gasteiger partial charge in [0.1, 0.15) is 5.82 Å². The first kappa shape index (κ1) is 9.78. The fourth-order valence-electron chi connectivity index (χ4n) is 2.40. The number of amides is 1. The predicted molar refractivity (Wildman–Crippen MR) is 58.5 cm³/mol. The van der Waals surface area contributed by atoms with Crippen LogP contribution in [0.15, 0.2) is 24.3 Å². The summed E-state index contributed by atoms with van der Waals surface area (Å²) < 4.78 is 12.7. The van der Waals surface area contributed by atoms with Crippen LogP contribution in [0.3, 0.4) is 0 Å². The molecule has 0 saturated carbocycles. The van der Waals surface area contributed by atoms with Gasteiger partial charge >= 0.3 is 0 Å². The second kappa shape index (κ2) is 3.56. The highest BCUT2D eigenvalue weighted by molar-refractivity contribution is 5.93. The maximum absolute atomic E-state index is 12.7. The predicted octanol–water partition coefficient (Wildman–Crippen LogP) is 1.47. The van der Waals surface area contributed by atoms with Gasteiger partial charge in [0.25, 0.3) is 0 Å². The Labute approximate surface area is 93.2 Å². The van der Waals surface area contributed by atoms with Crippen LogP contribution in [0, 0.1) is 11.7 Å². The van der Waals surface area contributed by atoms with Gasteiger partial charge in [0.05, 0.1) is 5.92 Å². The molecule has 0 bridgehead atoms. The molecule has 0 spiro atoms. The minimum absolute atomic E-state index is 0.0663. The van der Waals surface area contributed by atoms with E-state index in [9.17, 15) is 9.18 Å². The van der Waals surface area contributed by atoms with Crippen molar-refractivity contribution >= 4 is 11.6 Å². The van der Waals surface area contributed by atoms with Crippen LogP contribution in [-0.4, -0.2) is 29.9 Å². The van der Waals surface area contributed by atoms with Gasteiger partial charge in [0.15, 0.2) is 0 Å². The van der Waals surface area contributed by atoms with Crippen LogP contribution in [0.4, 0.5) is 10.1 Å². The first-order chi connectivity index (χ1) is 7.74. The molecule has 84 valence electrons. The summed E-state index contributed by atoms with van der Waals surface area (Å²) in [6.45, 7) is 2.09. The topological polar surface area (TPSA) is 32.1 Å². The van der Waals surface area contributed by atoms with E-state index in [1.165, 1.54) is 12.1 Å². The van der Waals surface area contributed by atoms with Gasteiger partial charge in [-0.1, -0.05) is 0 Å². The van der Waals surface area contributed by atoms with Crippen molar-refractivity contribution < 1.29 is 9.18 Å². The van der Waals surface area contributed by atoms with E-state index in [1.807, 2.05) is 0 Å². The Bertz CT molecular complexity index is 418. The van der Waals surface area contributed by atoms with E-state index in [-0.39, 0.29) is 17.6 Å². The summed E-state index contributed by atoms with van der Waals surface area (Å²) in [5.74, 6) is -0.103. The van der Waals surface area contributed by atoms with Gasteiger partial charge in [0, 0.05) is 18.3 Å². The van der Waals surface area contributed by atoms with Crippen LogP contribution in [0.5, 0.6) is 0 Å². The molecule has 2 heterocycles. The zero-order valence-corrected chi connectivity index (χ0v) is 8.82. The van der Waals surface area contributed by atoms with E-state index in [0.717, 1.165) is 19.5 Å². The molecule has 1 amide bonds. The highest BCUT2D eigenvalue weighted by Crippen LogP contribution is 2.36. The number of halogens is 1. The second-order valence-corrected chi connectivity index (χ2v) is 4.45. The number of hydrogen-bond acceptors (Lipinski definition) is 2. The number of hydrogen-bond donors (Lipinski definition) is 1. The van der Waals surface area contributed by atoms with Crippen molar-refractivity contribution in [3.63, 3.8) is 0 Å². The lowest BCUT2D eigenvalue weighted by Crippen LogP contribution is -2.25. The minimum Gasteiger partial charge on any atom is -0.326 e. The lowest BCUT2D eigenvalue weighted by Gasteiger charge is -2.10. The number of carbonyl (C=O) groups is 1. The van der Waals surface area contributed by atoms with E-state index in [1.54, 1.807) is 12.1 Å². The van der Waals surface area contributed by atoms with Crippen molar-refractivity contribution in [2.24, 2.45) is 5.92 Å². The average molecular weight is 220 g/mol. The van der Waals surface area contributed by atoms with E-state index >= 15 is 0 Å². The molecule has 2 aliphatic heterocycles. The second-order valence-electron chi connectivity index (χ2n) is 4.45. The zero-order valence-electron chi connectivity index (χ0n) is 8.82. The average Bonchev–Trinajstić information content (AvgIpc) is 2.93. The quantitative estimate of drug-likeness (QED) is 0.765. The van der Waals surface area contributed by atoms with E-state index in [0.29, 0.717) is 11.7 Å².